The Labute approximate surface area is 288 Å². The fourth-order valence-corrected chi connectivity index (χ4v) is 7.09. The fourth-order valence-electron chi connectivity index (χ4n) is 7.09. The van der Waals surface area contributed by atoms with Gasteiger partial charge in [0.25, 0.3) is 0 Å². The number of hydrogen-bond acceptors (Lipinski definition) is 4. The molecule has 0 aliphatic carbocycles. The van der Waals surface area contributed by atoms with Crippen molar-refractivity contribution in [2.45, 2.75) is 0 Å². The second-order valence-corrected chi connectivity index (χ2v) is 12.7. The topological polar surface area (TPSA) is 51.6 Å². The molecule has 0 spiro atoms. The van der Waals surface area contributed by atoms with Crippen molar-refractivity contribution in [1.29, 1.82) is 0 Å². The SMILES string of the molecule is c1ccc(-c2cc(-c3nc4nc5c(ccc6ccc(-c7ccc8ccccc8c7)nc65)cc4c4ccccc34)cc(-c3ccccc3)n2)cc1. The highest BCUT2D eigenvalue weighted by Gasteiger charge is 2.17. The molecule has 10 aromatic rings. The van der Waals surface area contributed by atoms with E-state index >= 15 is 0 Å². The third-order valence-corrected chi connectivity index (χ3v) is 9.60. The maximum atomic E-state index is 5.35. The molecule has 232 valence electrons. The Morgan fingerprint density at radius 3 is 1.64 bits per heavy atom. The van der Waals surface area contributed by atoms with E-state index < -0.39 is 0 Å². The van der Waals surface area contributed by atoms with Gasteiger partial charge in [-0.1, -0.05) is 140 Å². The minimum atomic E-state index is 0.691. The van der Waals surface area contributed by atoms with Crippen LogP contribution in [0.2, 0.25) is 0 Å². The van der Waals surface area contributed by atoms with Gasteiger partial charge in [-0.15, -0.1) is 0 Å². The molecule has 0 amide bonds. The van der Waals surface area contributed by atoms with Gasteiger partial charge in [-0.25, -0.2) is 19.9 Å². The molecule has 6 aromatic carbocycles. The molecule has 4 heteroatoms. The Bertz CT molecular complexity index is 2860. The van der Waals surface area contributed by atoms with Gasteiger partial charge in [-0.3, -0.25) is 0 Å². The van der Waals surface area contributed by atoms with E-state index in [1.165, 1.54) is 10.8 Å². The highest BCUT2D eigenvalue weighted by molar-refractivity contribution is 6.15. The summed E-state index contributed by atoms with van der Waals surface area (Å²) in [5.74, 6) is 0. The standard InChI is InChI=1S/C46H28N4/c1-3-12-30(13-4-1)41-27-36(28-42(47-41)31-14-5-2-6-15-31)43-38-18-10-9-17-37(38)39-26-35-22-20-32-23-24-40(48-44(32)45(35)50-46(39)49-43)34-21-19-29-11-7-8-16-33(29)25-34/h1-28H. The molecule has 0 aliphatic heterocycles. The van der Waals surface area contributed by atoms with Crippen molar-refractivity contribution in [2.24, 2.45) is 0 Å². The van der Waals surface area contributed by atoms with Gasteiger partial charge in [0.05, 0.1) is 33.8 Å². The van der Waals surface area contributed by atoms with Gasteiger partial charge in [-0.2, -0.15) is 0 Å². The van der Waals surface area contributed by atoms with Gasteiger partial charge < -0.3 is 0 Å². The monoisotopic (exact) mass is 636 g/mol. The molecular weight excluding hydrogens is 609 g/mol. The van der Waals surface area contributed by atoms with E-state index in [0.29, 0.717) is 5.65 Å². The summed E-state index contributed by atoms with van der Waals surface area (Å²) in [7, 11) is 0. The van der Waals surface area contributed by atoms with Crippen LogP contribution in [-0.2, 0) is 0 Å². The van der Waals surface area contributed by atoms with Crippen LogP contribution >= 0.6 is 0 Å². The molecule has 0 bridgehead atoms. The molecule has 10 rings (SSSR count). The predicted molar refractivity (Wildman–Crippen MR) is 207 cm³/mol. The predicted octanol–water partition coefficient (Wildman–Crippen LogP) is 11.7. The van der Waals surface area contributed by atoms with Gasteiger partial charge in [0.1, 0.15) is 0 Å². The van der Waals surface area contributed by atoms with Gasteiger partial charge in [0.15, 0.2) is 5.65 Å². The Hall–Kier alpha value is -6.78. The normalized spacial score (nSPS) is 11.6. The molecular formula is C46H28N4. The number of benzene rings is 6. The molecule has 50 heavy (non-hydrogen) atoms. The van der Waals surface area contributed by atoms with E-state index in [1.54, 1.807) is 0 Å². The Morgan fingerprint density at radius 1 is 0.280 bits per heavy atom. The van der Waals surface area contributed by atoms with E-state index in [0.717, 1.165) is 83.0 Å². The van der Waals surface area contributed by atoms with Crippen LogP contribution in [0, 0.1) is 0 Å². The van der Waals surface area contributed by atoms with E-state index in [9.17, 15) is 0 Å². The lowest BCUT2D eigenvalue weighted by Crippen LogP contribution is -1.96. The third-order valence-electron chi connectivity index (χ3n) is 9.60. The highest BCUT2D eigenvalue weighted by Crippen LogP contribution is 2.37. The molecule has 0 aliphatic rings. The fraction of sp³-hybridized carbons (Fsp3) is 0. The van der Waals surface area contributed by atoms with Crippen molar-refractivity contribution in [2.75, 3.05) is 0 Å². The van der Waals surface area contributed by atoms with E-state index in [1.807, 2.05) is 36.4 Å². The lowest BCUT2D eigenvalue weighted by Gasteiger charge is -2.14. The van der Waals surface area contributed by atoms with Gasteiger partial charge >= 0.3 is 0 Å². The van der Waals surface area contributed by atoms with Crippen molar-refractivity contribution >= 4 is 54.4 Å². The van der Waals surface area contributed by atoms with Crippen LogP contribution in [0.25, 0.3) is 99.4 Å². The van der Waals surface area contributed by atoms with Crippen LogP contribution in [-0.4, -0.2) is 19.9 Å². The second-order valence-electron chi connectivity index (χ2n) is 12.7. The number of nitrogens with zero attached hydrogens (tertiary/aromatic N) is 4. The summed E-state index contributed by atoms with van der Waals surface area (Å²) in [6.45, 7) is 0. The zero-order valence-corrected chi connectivity index (χ0v) is 27.0. The quantitative estimate of drug-likeness (QED) is 0.142. The van der Waals surface area contributed by atoms with Crippen molar-refractivity contribution in [3.8, 4) is 45.0 Å². The van der Waals surface area contributed by atoms with E-state index in [4.69, 9.17) is 19.9 Å². The van der Waals surface area contributed by atoms with Crippen LogP contribution < -0.4 is 0 Å². The first kappa shape index (κ1) is 28.3. The largest absolute Gasteiger partial charge is 0.248 e. The third kappa shape index (κ3) is 4.77. The summed E-state index contributed by atoms with van der Waals surface area (Å²) >= 11 is 0. The Morgan fingerprint density at radius 2 is 0.880 bits per heavy atom. The average molecular weight is 637 g/mol. The van der Waals surface area contributed by atoms with Crippen LogP contribution in [0.5, 0.6) is 0 Å². The number of fused-ring (bicyclic) bond motifs is 7. The molecule has 0 saturated carbocycles. The lowest BCUT2D eigenvalue weighted by atomic mass is 9.97. The summed E-state index contributed by atoms with van der Waals surface area (Å²) in [5, 5.41) is 7.69. The second kappa shape index (κ2) is 11.4. The maximum absolute atomic E-state index is 5.35. The van der Waals surface area contributed by atoms with Crippen LogP contribution in [0.3, 0.4) is 0 Å². The Balaban J connectivity index is 1.21. The van der Waals surface area contributed by atoms with Crippen molar-refractivity contribution in [3.63, 3.8) is 0 Å². The summed E-state index contributed by atoms with van der Waals surface area (Å²) in [5.41, 5.74) is 10.2. The van der Waals surface area contributed by atoms with Gasteiger partial charge in [-0.05, 0) is 46.5 Å². The molecule has 0 N–H and O–H groups in total. The van der Waals surface area contributed by atoms with Gasteiger partial charge in [0.2, 0.25) is 0 Å². The Kier molecular flexibility index (Phi) is 6.46. The van der Waals surface area contributed by atoms with Crippen LogP contribution in [0.1, 0.15) is 0 Å². The molecule has 0 saturated heterocycles. The van der Waals surface area contributed by atoms with E-state index in [2.05, 4.69) is 133 Å². The van der Waals surface area contributed by atoms with Crippen LogP contribution in [0.15, 0.2) is 170 Å². The molecule has 4 nitrogen and oxygen atoms in total. The first-order valence-corrected chi connectivity index (χ1v) is 16.8. The van der Waals surface area contributed by atoms with Crippen molar-refractivity contribution in [3.05, 3.63) is 170 Å². The minimum absolute atomic E-state index is 0.691. The lowest BCUT2D eigenvalue weighted by molar-refractivity contribution is 1.30. The average Bonchev–Trinajstić information content (AvgIpc) is 3.20. The highest BCUT2D eigenvalue weighted by atomic mass is 14.9. The summed E-state index contributed by atoms with van der Waals surface area (Å²) in [6, 6.07) is 59.1. The molecule has 0 unspecified atom stereocenters. The number of rotatable bonds is 4. The van der Waals surface area contributed by atoms with Crippen molar-refractivity contribution in [1.82, 2.24) is 19.9 Å². The number of aromatic nitrogens is 4. The molecule has 4 aromatic heterocycles. The summed E-state index contributed by atoms with van der Waals surface area (Å²) in [4.78, 5) is 21.0. The van der Waals surface area contributed by atoms with E-state index in [-0.39, 0.29) is 0 Å². The van der Waals surface area contributed by atoms with Gasteiger partial charge in [0, 0.05) is 43.8 Å². The first-order chi connectivity index (χ1) is 24.7. The smallest absolute Gasteiger partial charge is 0.161 e. The number of hydrogen-bond donors (Lipinski definition) is 0. The van der Waals surface area contributed by atoms with Crippen molar-refractivity contribution < 1.29 is 0 Å². The number of pyridine rings is 4. The minimum Gasteiger partial charge on any atom is -0.248 e. The molecule has 0 atom stereocenters. The summed E-state index contributed by atoms with van der Waals surface area (Å²) < 4.78 is 0. The molecule has 4 heterocycles. The maximum Gasteiger partial charge on any atom is 0.161 e. The zero-order valence-electron chi connectivity index (χ0n) is 27.0. The van der Waals surface area contributed by atoms with Crippen LogP contribution in [0.4, 0.5) is 0 Å². The molecule has 0 radical (unpaired) electrons. The summed E-state index contributed by atoms with van der Waals surface area (Å²) in [6.07, 6.45) is 0. The first-order valence-electron chi connectivity index (χ1n) is 16.8. The zero-order chi connectivity index (χ0) is 33.0. The molecule has 0 fully saturated rings.